The summed E-state index contributed by atoms with van der Waals surface area (Å²) in [4.78, 5) is 17.1. The van der Waals surface area contributed by atoms with E-state index >= 15 is 0 Å². The van der Waals surface area contributed by atoms with Gasteiger partial charge in [0, 0.05) is 49.3 Å². The molecular formula is C22H31N5O2. The Morgan fingerprint density at radius 2 is 2.03 bits per heavy atom. The molecule has 0 saturated carbocycles. The molecule has 2 fully saturated rings. The molecule has 3 heterocycles. The summed E-state index contributed by atoms with van der Waals surface area (Å²) >= 11 is 0. The van der Waals surface area contributed by atoms with Gasteiger partial charge in [-0.25, -0.2) is 4.79 Å². The quantitative estimate of drug-likeness (QED) is 0.850. The smallest absolute Gasteiger partial charge is 0.322 e. The van der Waals surface area contributed by atoms with Gasteiger partial charge < -0.3 is 19.9 Å². The van der Waals surface area contributed by atoms with Crippen molar-refractivity contribution in [3.05, 3.63) is 42.2 Å². The van der Waals surface area contributed by atoms with E-state index in [4.69, 9.17) is 4.74 Å². The summed E-state index contributed by atoms with van der Waals surface area (Å²) in [5.74, 6) is 0. The van der Waals surface area contributed by atoms with Gasteiger partial charge in [0.05, 0.1) is 19.3 Å². The number of benzene rings is 1. The SMILES string of the molecule is CCn1cc([C@@H]2CN(C(=O)Nc3cccc(N4CCCCCC4)c3)CCO2)cn1. The Hall–Kier alpha value is -2.54. The van der Waals surface area contributed by atoms with Crippen molar-refractivity contribution in [2.45, 2.75) is 45.3 Å². The summed E-state index contributed by atoms with van der Waals surface area (Å²) < 4.78 is 7.76. The van der Waals surface area contributed by atoms with Crippen molar-refractivity contribution in [1.82, 2.24) is 14.7 Å². The fourth-order valence-corrected chi connectivity index (χ4v) is 4.07. The van der Waals surface area contributed by atoms with Gasteiger partial charge in [-0.15, -0.1) is 0 Å². The number of aryl methyl sites for hydroxylation is 1. The van der Waals surface area contributed by atoms with Crippen molar-refractivity contribution in [2.75, 3.05) is 43.0 Å². The van der Waals surface area contributed by atoms with Gasteiger partial charge in [0.1, 0.15) is 6.10 Å². The summed E-state index contributed by atoms with van der Waals surface area (Å²) in [5, 5.41) is 7.40. The lowest BCUT2D eigenvalue weighted by Crippen LogP contribution is -2.44. The summed E-state index contributed by atoms with van der Waals surface area (Å²) in [6.07, 6.45) is 8.79. The number of carbonyl (C=O) groups is 1. The number of hydrogen-bond acceptors (Lipinski definition) is 4. The second-order valence-corrected chi connectivity index (χ2v) is 7.82. The number of aromatic nitrogens is 2. The van der Waals surface area contributed by atoms with Crippen LogP contribution in [0, 0.1) is 0 Å². The first-order valence-corrected chi connectivity index (χ1v) is 10.8. The van der Waals surface area contributed by atoms with Crippen molar-refractivity contribution in [1.29, 1.82) is 0 Å². The lowest BCUT2D eigenvalue weighted by atomic mass is 10.1. The van der Waals surface area contributed by atoms with Crippen LogP contribution in [0.3, 0.4) is 0 Å². The summed E-state index contributed by atoms with van der Waals surface area (Å²) in [6.45, 7) is 6.72. The van der Waals surface area contributed by atoms with E-state index in [1.165, 1.54) is 31.4 Å². The molecule has 7 nitrogen and oxygen atoms in total. The van der Waals surface area contributed by atoms with Gasteiger partial charge in [-0.1, -0.05) is 18.9 Å². The van der Waals surface area contributed by atoms with Gasteiger partial charge in [-0.3, -0.25) is 4.68 Å². The van der Waals surface area contributed by atoms with Crippen LogP contribution in [0.25, 0.3) is 0 Å². The van der Waals surface area contributed by atoms with Crippen LogP contribution in [0.5, 0.6) is 0 Å². The number of rotatable bonds is 4. The van der Waals surface area contributed by atoms with Crippen molar-refractivity contribution in [3.63, 3.8) is 0 Å². The minimum atomic E-state index is -0.127. The summed E-state index contributed by atoms with van der Waals surface area (Å²) in [7, 11) is 0. The molecule has 0 bridgehead atoms. The minimum absolute atomic E-state index is 0.0748. The van der Waals surface area contributed by atoms with Crippen LogP contribution in [-0.2, 0) is 11.3 Å². The van der Waals surface area contributed by atoms with E-state index in [9.17, 15) is 4.79 Å². The number of hydrogen-bond donors (Lipinski definition) is 1. The molecule has 0 unspecified atom stereocenters. The Morgan fingerprint density at radius 1 is 1.21 bits per heavy atom. The van der Waals surface area contributed by atoms with Crippen LogP contribution >= 0.6 is 0 Å². The Kier molecular flexibility index (Phi) is 6.34. The molecule has 7 heteroatoms. The fraction of sp³-hybridized carbons (Fsp3) is 0.545. The third-order valence-corrected chi connectivity index (χ3v) is 5.77. The predicted molar refractivity (Wildman–Crippen MR) is 114 cm³/mol. The Morgan fingerprint density at radius 3 is 2.79 bits per heavy atom. The zero-order valence-corrected chi connectivity index (χ0v) is 17.2. The summed E-state index contributed by atoms with van der Waals surface area (Å²) in [5.41, 5.74) is 3.06. The van der Waals surface area contributed by atoms with Gasteiger partial charge in [0.15, 0.2) is 0 Å². The van der Waals surface area contributed by atoms with E-state index in [1.54, 1.807) is 0 Å². The molecule has 1 N–H and O–H groups in total. The maximum absolute atomic E-state index is 12.9. The highest BCUT2D eigenvalue weighted by atomic mass is 16.5. The molecule has 2 saturated heterocycles. The number of carbonyl (C=O) groups excluding carboxylic acids is 1. The van der Waals surface area contributed by atoms with E-state index in [0.717, 1.165) is 30.9 Å². The number of anilines is 2. The first kappa shape index (κ1) is 19.8. The number of nitrogens with one attached hydrogen (secondary N) is 1. The average molecular weight is 398 g/mol. The molecule has 0 aliphatic carbocycles. The molecule has 1 aromatic heterocycles. The second kappa shape index (κ2) is 9.31. The van der Waals surface area contributed by atoms with Gasteiger partial charge in [-0.05, 0) is 38.0 Å². The second-order valence-electron chi connectivity index (χ2n) is 7.82. The highest BCUT2D eigenvalue weighted by Gasteiger charge is 2.26. The first-order chi connectivity index (χ1) is 14.2. The van der Waals surface area contributed by atoms with E-state index in [2.05, 4.69) is 34.4 Å². The van der Waals surface area contributed by atoms with Gasteiger partial charge >= 0.3 is 6.03 Å². The molecule has 0 spiro atoms. The normalized spacial score (nSPS) is 20.4. The van der Waals surface area contributed by atoms with E-state index < -0.39 is 0 Å². The molecule has 1 atom stereocenters. The maximum Gasteiger partial charge on any atom is 0.322 e. The zero-order chi connectivity index (χ0) is 20.1. The Balaban J connectivity index is 1.39. The van der Waals surface area contributed by atoms with Gasteiger partial charge in [-0.2, -0.15) is 5.10 Å². The van der Waals surface area contributed by atoms with Crippen LogP contribution in [0.4, 0.5) is 16.2 Å². The van der Waals surface area contributed by atoms with E-state index in [-0.39, 0.29) is 12.1 Å². The standard InChI is InChI=1S/C22H31N5O2/c1-2-27-16-18(15-23-27)21-17-26(12-13-29-21)22(28)24-19-8-7-9-20(14-19)25-10-5-3-4-6-11-25/h7-9,14-16,21H,2-6,10-13,17H2,1H3,(H,24,28)/t21-/m0/s1. The van der Waals surface area contributed by atoms with Crippen LogP contribution < -0.4 is 10.2 Å². The molecule has 1 aromatic carbocycles. The summed E-state index contributed by atoms with van der Waals surface area (Å²) in [6, 6.07) is 8.14. The topological polar surface area (TPSA) is 62.6 Å². The van der Waals surface area contributed by atoms with E-state index in [1.807, 2.05) is 34.1 Å². The van der Waals surface area contributed by atoms with Crippen molar-refractivity contribution in [3.8, 4) is 0 Å². The van der Waals surface area contributed by atoms with Crippen LogP contribution in [0.2, 0.25) is 0 Å². The third kappa shape index (κ3) is 4.90. The highest BCUT2D eigenvalue weighted by Crippen LogP contribution is 2.25. The number of urea groups is 1. The lowest BCUT2D eigenvalue weighted by molar-refractivity contribution is -0.0135. The fourth-order valence-electron chi connectivity index (χ4n) is 4.07. The van der Waals surface area contributed by atoms with Crippen molar-refractivity contribution < 1.29 is 9.53 Å². The van der Waals surface area contributed by atoms with Gasteiger partial charge in [0.2, 0.25) is 0 Å². The van der Waals surface area contributed by atoms with Crippen LogP contribution in [0.15, 0.2) is 36.7 Å². The minimum Gasteiger partial charge on any atom is -0.371 e. The number of amides is 2. The zero-order valence-electron chi connectivity index (χ0n) is 17.2. The molecule has 4 rings (SSSR count). The van der Waals surface area contributed by atoms with Crippen molar-refractivity contribution in [2.24, 2.45) is 0 Å². The molecule has 2 aromatic rings. The number of ether oxygens (including phenoxy) is 1. The first-order valence-electron chi connectivity index (χ1n) is 10.8. The molecule has 2 amide bonds. The van der Waals surface area contributed by atoms with Crippen molar-refractivity contribution >= 4 is 17.4 Å². The van der Waals surface area contributed by atoms with E-state index in [0.29, 0.717) is 19.7 Å². The molecule has 2 aliphatic rings. The largest absolute Gasteiger partial charge is 0.371 e. The van der Waals surface area contributed by atoms with Crippen LogP contribution in [0.1, 0.15) is 44.3 Å². The molecule has 29 heavy (non-hydrogen) atoms. The molecule has 156 valence electrons. The molecule has 0 radical (unpaired) electrons. The Labute approximate surface area is 172 Å². The van der Waals surface area contributed by atoms with Crippen LogP contribution in [-0.4, -0.2) is 53.5 Å². The monoisotopic (exact) mass is 397 g/mol. The predicted octanol–water partition coefficient (Wildman–Crippen LogP) is 3.89. The third-order valence-electron chi connectivity index (χ3n) is 5.77. The number of morpholine rings is 1. The Bertz CT molecular complexity index is 813. The lowest BCUT2D eigenvalue weighted by Gasteiger charge is -2.32. The highest BCUT2D eigenvalue weighted by molar-refractivity contribution is 5.90. The maximum atomic E-state index is 12.9. The number of nitrogens with zero attached hydrogens (tertiary/aromatic N) is 4. The molecule has 2 aliphatic heterocycles. The average Bonchev–Trinajstić information content (AvgIpc) is 3.08. The molecular weight excluding hydrogens is 366 g/mol. The van der Waals surface area contributed by atoms with Gasteiger partial charge in [0.25, 0.3) is 0 Å².